The number of fused-ring (bicyclic) bond motifs is 1. The first kappa shape index (κ1) is 14.8. The molecule has 0 saturated heterocycles. The Morgan fingerprint density at radius 2 is 1.86 bits per heavy atom. The summed E-state index contributed by atoms with van der Waals surface area (Å²) < 4.78 is 0. The topological polar surface area (TPSA) is 54.7 Å². The van der Waals surface area contributed by atoms with Crippen molar-refractivity contribution < 1.29 is 0 Å². The van der Waals surface area contributed by atoms with Gasteiger partial charge in [-0.25, -0.2) is 0 Å². The van der Waals surface area contributed by atoms with Gasteiger partial charge in [0.2, 0.25) is 0 Å². The molecule has 0 spiro atoms. The number of hydrogen-bond acceptors (Lipinski definition) is 2. The number of pyridine rings is 1. The van der Waals surface area contributed by atoms with Crippen LogP contribution in [-0.4, -0.2) is 16.5 Å². The van der Waals surface area contributed by atoms with Crippen LogP contribution in [0, 0.1) is 13.8 Å². The summed E-state index contributed by atoms with van der Waals surface area (Å²) in [6, 6.07) is 8.64. The Bertz CT molecular complexity index is 772. The fourth-order valence-electron chi connectivity index (χ4n) is 3.26. The molecule has 0 fully saturated rings. The van der Waals surface area contributed by atoms with E-state index in [1.54, 1.807) is 0 Å². The van der Waals surface area contributed by atoms with E-state index in [-0.39, 0.29) is 0 Å². The molecule has 22 heavy (non-hydrogen) atoms. The highest BCUT2D eigenvalue weighted by Crippen LogP contribution is 2.33. The zero-order valence-electron chi connectivity index (χ0n) is 13.3. The van der Waals surface area contributed by atoms with Crippen molar-refractivity contribution in [2.24, 2.45) is 5.73 Å². The maximum Gasteiger partial charge on any atom is 0.0498 e. The Kier molecular flexibility index (Phi) is 4.25. The van der Waals surface area contributed by atoms with Crippen LogP contribution in [0.4, 0.5) is 0 Å². The van der Waals surface area contributed by atoms with E-state index >= 15 is 0 Å². The summed E-state index contributed by atoms with van der Waals surface area (Å²) in [5.41, 5.74) is 13.4. The summed E-state index contributed by atoms with van der Waals surface area (Å²) in [4.78, 5) is 7.76. The van der Waals surface area contributed by atoms with Crippen molar-refractivity contribution in [3.63, 3.8) is 0 Å². The molecule has 3 aromatic rings. The molecular weight excluding hydrogens is 270 g/mol. The molecular formula is C19H23N3. The standard InChI is InChI=1S/C19H23N3/c1-13-11-14(2)18-16(5-3-4-8-20)19(22-17(18)12-13)15-6-9-21-10-7-15/h6-7,9-12,22H,3-5,8,20H2,1-2H3. The molecule has 3 N–H and O–H groups in total. The Morgan fingerprint density at radius 1 is 1.09 bits per heavy atom. The lowest BCUT2D eigenvalue weighted by Crippen LogP contribution is -1.99. The average molecular weight is 293 g/mol. The van der Waals surface area contributed by atoms with Gasteiger partial charge >= 0.3 is 0 Å². The molecule has 0 aliphatic heterocycles. The minimum atomic E-state index is 0.755. The van der Waals surface area contributed by atoms with Crippen LogP contribution in [0.25, 0.3) is 22.2 Å². The van der Waals surface area contributed by atoms with Crippen molar-refractivity contribution in [1.29, 1.82) is 0 Å². The molecule has 2 aromatic heterocycles. The van der Waals surface area contributed by atoms with Crippen LogP contribution >= 0.6 is 0 Å². The third-order valence-corrected chi connectivity index (χ3v) is 4.19. The second kappa shape index (κ2) is 6.32. The van der Waals surface area contributed by atoms with Gasteiger partial charge in [0.25, 0.3) is 0 Å². The van der Waals surface area contributed by atoms with Crippen molar-refractivity contribution >= 4 is 10.9 Å². The van der Waals surface area contributed by atoms with Crippen LogP contribution in [0.15, 0.2) is 36.7 Å². The van der Waals surface area contributed by atoms with Crippen molar-refractivity contribution in [3.05, 3.63) is 53.3 Å². The molecule has 0 bridgehead atoms. The molecule has 0 radical (unpaired) electrons. The van der Waals surface area contributed by atoms with E-state index in [1.165, 1.54) is 38.9 Å². The van der Waals surface area contributed by atoms with Crippen LogP contribution in [0.2, 0.25) is 0 Å². The molecule has 0 amide bonds. The van der Waals surface area contributed by atoms with E-state index in [0.29, 0.717) is 0 Å². The van der Waals surface area contributed by atoms with Gasteiger partial charge in [0.1, 0.15) is 0 Å². The number of rotatable bonds is 5. The zero-order valence-corrected chi connectivity index (χ0v) is 13.3. The van der Waals surface area contributed by atoms with Gasteiger partial charge in [-0.05, 0) is 74.5 Å². The number of benzene rings is 1. The number of aromatic amines is 1. The van der Waals surface area contributed by atoms with E-state index < -0.39 is 0 Å². The van der Waals surface area contributed by atoms with Gasteiger partial charge in [-0.3, -0.25) is 4.98 Å². The van der Waals surface area contributed by atoms with E-state index in [4.69, 9.17) is 5.73 Å². The molecule has 0 atom stereocenters. The summed E-state index contributed by atoms with van der Waals surface area (Å²) in [5, 5.41) is 1.37. The Labute approximate surface area is 131 Å². The summed E-state index contributed by atoms with van der Waals surface area (Å²) in [7, 11) is 0. The van der Waals surface area contributed by atoms with Gasteiger partial charge in [-0.1, -0.05) is 6.07 Å². The van der Waals surface area contributed by atoms with Crippen LogP contribution in [0.1, 0.15) is 29.5 Å². The van der Waals surface area contributed by atoms with Gasteiger partial charge in [0, 0.05) is 34.6 Å². The minimum absolute atomic E-state index is 0.755. The first-order valence-corrected chi connectivity index (χ1v) is 7.93. The van der Waals surface area contributed by atoms with Crippen LogP contribution in [-0.2, 0) is 6.42 Å². The zero-order chi connectivity index (χ0) is 15.5. The number of aromatic nitrogens is 2. The molecule has 2 heterocycles. The summed E-state index contributed by atoms with van der Waals surface area (Å²) in [5.74, 6) is 0. The molecule has 0 unspecified atom stereocenters. The molecule has 1 aromatic carbocycles. The van der Waals surface area contributed by atoms with E-state index in [2.05, 4.69) is 48.1 Å². The van der Waals surface area contributed by atoms with Crippen molar-refractivity contribution in [2.45, 2.75) is 33.1 Å². The predicted molar refractivity (Wildman–Crippen MR) is 93.0 cm³/mol. The second-order valence-electron chi connectivity index (χ2n) is 5.96. The summed E-state index contributed by atoms with van der Waals surface area (Å²) in [6.07, 6.45) is 6.94. The van der Waals surface area contributed by atoms with E-state index in [0.717, 1.165) is 25.8 Å². The van der Waals surface area contributed by atoms with Gasteiger partial charge in [0.15, 0.2) is 0 Å². The van der Waals surface area contributed by atoms with Gasteiger partial charge in [-0.15, -0.1) is 0 Å². The summed E-state index contributed by atoms with van der Waals surface area (Å²) >= 11 is 0. The Hall–Kier alpha value is -2.13. The Balaban J connectivity index is 2.17. The fraction of sp³-hybridized carbons (Fsp3) is 0.316. The lowest BCUT2D eigenvalue weighted by Gasteiger charge is -2.06. The number of nitrogens with zero attached hydrogens (tertiary/aromatic N) is 1. The lowest BCUT2D eigenvalue weighted by molar-refractivity contribution is 0.748. The molecule has 114 valence electrons. The Morgan fingerprint density at radius 3 is 2.59 bits per heavy atom. The number of hydrogen-bond donors (Lipinski definition) is 2. The normalized spacial score (nSPS) is 11.2. The monoisotopic (exact) mass is 293 g/mol. The van der Waals surface area contributed by atoms with Crippen LogP contribution in [0.5, 0.6) is 0 Å². The number of unbranched alkanes of at least 4 members (excludes halogenated alkanes) is 1. The molecule has 3 nitrogen and oxygen atoms in total. The molecule has 3 rings (SSSR count). The maximum atomic E-state index is 5.66. The molecule has 0 aliphatic rings. The first-order chi connectivity index (χ1) is 10.7. The molecule has 0 aliphatic carbocycles. The molecule has 3 heteroatoms. The number of H-pyrrole nitrogens is 1. The van der Waals surface area contributed by atoms with Crippen LogP contribution in [0.3, 0.4) is 0 Å². The average Bonchev–Trinajstić information content (AvgIpc) is 2.87. The number of nitrogens with one attached hydrogen (secondary N) is 1. The van der Waals surface area contributed by atoms with Crippen molar-refractivity contribution in [2.75, 3.05) is 6.54 Å². The second-order valence-corrected chi connectivity index (χ2v) is 5.96. The predicted octanol–water partition coefficient (Wildman–Crippen LogP) is 4.13. The highest BCUT2D eigenvalue weighted by molar-refractivity contribution is 5.93. The van der Waals surface area contributed by atoms with Gasteiger partial charge < -0.3 is 10.7 Å². The summed E-state index contributed by atoms with van der Waals surface area (Å²) in [6.45, 7) is 5.10. The minimum Gasteiger partial charge on any atom is -0.354 e. The van der Waals surface area contributed by atoms with Crippen molar-refractivity contribution in [1.82, 2.24) is 9.97 Å². The third kappa shape index (κ3) is 2.77. The number of aryl methyl sites for hydroxylation is 3. The quantitative estimate of drug-likeness (QED) is 0.695. The van der Waals surface area contributed by atoms with E-state index in [9.17, 15) is 0 Å². The van der Waals surface area contributed by atoms with Crippen LogP contribution < -0.4 is 5.73 Å². The van der Waals surface area contributed by atoms with E-state index in [1.807, 2.05) is 12.4 Å². The van der Waals surface area contributed by atoms with Gasteiger partial charge in [0.05, 0.1) is 0 Å². The fourth-order valence-corrected chi connectivity index (χ4v) is 3.26. The largest absolute Gasteiger partial charge is 0.354 e. The first-order valence-electron chi connectivity index (χ1n) is 7.93. The third-order valence-electron chi connectivity index (χ3n) is 4.19. The molecule has 0 saturated carbocycles. The maximum absolute atomic E-state index is 5.66. The smallest absolute Gasteiger partial charge is 0.0498 e. The number of nitrogens with two attached hydrogens (primary N) is 1. The lowest BCUT2D eigenvalue weighted by atomic mass is 9.97. The van der Waals surface area contributed by atoms with Crippen molar-refractivity contribution in [3.8, 4) is 11.3 Å². The van der Waals surface area contributed by atoms with Gasteiger partial charge in [-0.2, -0.15) is 0 Å². The SMILES string of the molecule is Cc1cc(C)c2c(CCCCN)c(-c3ccncc3)[nH]c2c1. The highest BCUT2D eigenvalue weighted by Gasteiger charge is 2.15. The highest BCUT2D eigenvalue weighted by atomic mass is 14.7.